The average Bonchev–Trinajstić information content (AvgIpc) is 2.46. The molecule has 0 bridgehead atoms. The van der Waals surface area contributed by atoms with Crippen molar-refractivity contribution in [2.45, 2.75) is 13.3 Å². The predicted octanol–water partition coefficient (Wildman–Crippen LogP) is 1.28. The molecule has 1 aliphatic carbocycles. The van der Waals surface area contributed by atoms with Crippen molar-refractivity contribution in [2.75, 3.05) is 13.1 Å². The molecule has 0 aromatic carbocycles. The first kappa shape index (κ1) is 7.36. The van der Waals surface area contributed by atoms with Crippen LogP contribution in [0, 0.1) is 17.8 Å². The Bertz CT molecular complexity index is 93.1. The van der Waals surface area contributed by atoms with Crippen molar-refractivity contribution in [3.8, 4) is 0 Å². The van der Waals surface area contributed by atoms with Crippen LogP contribution >= 0.6 is 12.4 Å². The molecule has 0 radical (unpaired) electrons. The highest BCUT2D eigenvalue weighted by Crippen LogP contribution is 2.48. The van der Waals surface area contributed by atoms with E-state index >= 15 is 0 Å². The van der Waals surface area contributed by atoms with Gasteiger partial charge in [0, 0.05) is 0 Å². The molecule has 2 rings (SSSR count). The van der Waals surface area contributed by atoms with E-state index in [1.54, 1.807) is 0 Å². The molecule has 9 heavy (non-hydrogen) atoms. The SMILES string of the molecule is C[C@@H]1[C@H]2CCNC[C@@H]12.Cl. The van der Waals surface area contributed by atoms with Crippen LogP contribution in [0.25, 0.3) is 0 Å². The zero-order valence-corrected chi connectivity index (χ0v) is 6.58. The fraction of sp³-hybridized carbons (Fsp3) is 1.00. The molecule has 0 aromatic heterocycles. The van der Waals surface area contributed by atoms with E-state index in [0.717, 1.165) is 17.8 Å². The monoisotopic (exact) mass is 147 g/mol. The Hall–Kier alpha value is 0.250. The van der Waals surface area contributed by atoms with Crippen LogP contribution in [0.15, 0.2) is 0 Å². The minimum absolute atomic E-state index is 0. The van der Waals surface area contributed by atoms with Gasteiger partial charge in [-0.1, -0.05) is 6.92 Å². The standard InChI is InChI=1S/C7H13N.ClH/c1-5-6-2-3-8-4-7(5)6;/h5-8H,2-4H2,1H3;1H/t5-,6-,7+;/m1./s1. The van der Waals surface area contributed by atoms with Crippen LogP contribution in [0.3, 0.4) is 0 Å². The van der Waals surface area contributed by atoms with Crippen molar-refractivity contribution in [1.82, 2.24) is 5.32 Å². The fourth-order valence-electron chi connectivity index (χ4n) is 1.99. The maximum absolute atomic E-state index is 3.41. The molecule has 1 heterocycles. The number of piperidine rings is 1. The lowest BCUT2D eigenvalue weighted by Crippen LogP contribution is -2.23. The first-order valence-electron chi connectivity index (χ1n) is 3.60. The molecule has 2 heteroatoms. The highest BCUT2D eigenvalue weighted by Gasteiger charge is 2.46. The van der Waals surface area contributed by atoms with Gasteiger partial charge in [0.25, 0.3) is 0 Å². The Labute approximate surface area is 62.6 Å². The first-order chi connectivity index (χ1) is 3.89. The number of fused-ring (bicyclic) bond motifs is 1. The van der Waals surface area contributed by atoms with Gasteiger partial charge in [-0.05, 0) is 37.3 Å². The van der Waals surface area contributed by atoms with Gasteiger partial charge in [-0.2, -0.15) is 0 Å². The van der Waals surface area contributed by atoms with Gasteiger partial charge >= 0.3 is 0 Å². The van der Waals surface area contributed by atoms with Crippen molar-refractivity contribution in [3.05, 3.63) is 0 Å². The van der Waals surface area contributed by atoms with Gasteiger partial charge in [0.05, 0.1) is 0 Å². The predicted molar refractivity (Wildman–Crippen MR) is 40.9 cm³/mol. The highest BCUT2D eigenvalue weighted by molar-refractivity contribution is 5.85. The number of nitrogens with one attached hydrogen (secondary N) is 1. The maximum Gasteiger partial charge on any atom is -0.00151 e. The van der Waals surface area contributed by atoms with Gasteiger partial charge in [-0.3, -0.25) is 0 Å². The third kappa shape index (κ3) is 1.08. The van der Waals surface area contributed by atoms with Gasteiger partial charge in [0.15, 0.2) is 0 Å². The average molecular weight is 148 g/mol. The second kappa shape index (κ2) is 2.47. The summed E-state index contributed by atoms with van der Waals surface area (Å²) in [6.07, 6.45) is 1.44. The molecule has 0 spiro atoms. The Morgan fingerprint density at radius 2 is 2.11 bits per heavy atom. The second-order valence-corrected chi connectivity index (χ2v) is 3.18. The Morgan fingerprint density at radius 3 is 2.56 bits per heavy atom. The molecule has 2 aliphatic rings. The smallest absolute Gasteiger partial charge is 0.00151 e. The number of rotatable bonds is 0. The van der Waals surface area contributed by atoms with Gasteiger partial charge in [-0.15, -0.1) is 12.4 Å². The lowest BCUT2D eigenvalue weighted by Gasteiger charge is -2.08. The lowest BCUT2D eigenvalue weighted by molar-refractivity contribution is 0.497. The van der Waals surface area contributed by atoms with Crippen LogP contribution in [0.4, 0.5) is 0 Å². The maximum atomic E-state index is 3.41. The van der Waals surface area contributed by atoms with E-state index in [9.17, 15) is 0 Å². The van der Waals surface area contributed by atoms with Crippen molar-refractivity contribution in [3.63, 3.8) is 0 Å². The summed E-state index contributed by atoms with van der Waals surface area (Å²) in [5.74, 6) is 3.21. The Kier molecular flexibility index (Phi) is 2.02. The van der Waals surface area contributed by atoms with E-state index in [1.165, 1.54) is 19.5 Å². The summed E-state index contributed by atoms with van der Waals surface area (Å²) in [6, 6.07) is 0. The van der Waals surface area contributed by atoms with Gasteiger partial charge < -0.3 is 5.32 Å². The second-order valence-electron chi connectivity index (χ2n) is 3.18. The summed E-state index contributed by atoms with van der Waals surface area (Å²) >= 11 is 0. The molecule has 1 saturated carbocycles. The summed E-state index contributed by atoms with van der Waals surface area (Å²) in [5.41, 5.74) is 0. The van der Waals surface area contributed by atoms with Gasteiger partial charge in [-0.25, -0.2) is 0 Å². The molecular formula is C7H14ClN. The van der Waals surface area contributed by atoms with Crippen molar-refractivity contribution in [2.24, 2.45) is 17.8 Å². The van der Waals surface area contributed by atoms with E-state index < -0.39 is 0 Å². The van der Waals surface area contributed by atoms with Crippen LogP contribution < -0.4 is 5.32 Å². The molecule has 0 amide bonds. The van der Waals surface area contributed by atoms with E-state index in [1.807, 2.05) is 0 Å². The molecule has 2 fully saturated rings. The molecule has 0 aromatic rings. The number of halogens is 1. The summed E-state index contributed by atoms with van der Waals surface area (Å²) in [5, 5.41) is 3.41. The molecule has 1 aliphatic heterocycles. The zero-order valence-electron chi connectivity index (χ0n) is 5.76. The molecule has 54 valence electrons. The third-order valence-electron chi connectivity index (χ3n) is 2.79. The molecule has 0 unspecified atom stereocenters. The summed E-state index contributed by atoms with van der Waals surface area (Å²) in [6.45, 7) is 4.94. The molecule has 1 nitrogen and oxygen atoms in total. The topological polar surface area (TPSA) is 12.0 Å². The molecule has 3 atom stereocenters. The zero-order chi connectivity index (χ0) is 5.56. The number of hydrogen-bond donors (Lipinski definition) is 1. The van der Waals surface area contributed by atoms with E-state index in [2.05, 4.69) is 12.2 Å². The third-order valence-corrected chi connectivity index (χ3v) is 2.79. The van der Waals surface area contributed by atoms with Crippen LogP contribution in [-0.2, 0) is 0 Å². The van der Waals surface area contributed by atoms with Gasteiger partial charge in [0.2, 0.25) is 0 Å². The van der Waals surface area contributed by atoms with Crippen LogP contribution in [0.1, 0.15) is 13.3 Å². The Balaban J connectivity index is 0.000000405. The molecule has 1 saturated heterocycles. The minimum atomic E-state index is 0. The van der Waals surface area contributed by atoms with Crippen molar-refractivity contribution < 1.29 is 0 Å². The van der Waals surface area contributed by atoms with E-state index in [4.69, 9.17) is 0 Å². The minimum Gasteiger partial charge on any atom is -0.316 e. The summed E-state index contributed by atoms with van der Waals surface area (Å²) in [7, 11) is 0. The van der Waals surface area contributed by atoms with Crippen LogP contribution in [-0.4, -0.2) is 13.1 Å². The summed E-state index contributed by atoms with van der Waals surface area (Å²) < 4.78 is 0. The van der Waals surface area contributed by atoms with E-state index in [-0.39, 0.29) is 12.4 Å². The van der Waals surface area contributed by atoms with Crippen LogP contribution in [0.5, 0.6) is 0 Å². The van der Waals surface area contributed by atoms with Gasteiger partial charge in [0.1, 0.15) is 0 Å². The molecular weight excluding hydrogens is 134 g/mol. The normalized spacial score (nSPS) is 47.0. The van der Waals surface area contributed by atoms with Crippen LogP contribution in [0.2, 0.25) is 0 Å². The highest BCUT2D eigenvalue weighted by atomic mass is 35.5. The first-order valence-corrected chi connectivity index (χ1v) is 3.60. The van der Waals surface area contributed by atoms with E-state index in [0.29, 0.717) is 0 Å². The van der Waals surface area contributed by atoms with Crippen molar-refractivity contribution in [1.29, 1.82) is 0 Å². The number of hydrogen-bond acceptors (Lipinski definition) is 1. The summed E-state index contributed by atoms with van der Waals surface area (Å²) in [4.78, 5) is 0. The Morgan fingerprint density at radius 1 is 1.33 bits per heavy atom. The quantitative estimate of drug-likeness (QED) is 0.545. The molecule has 1 N–H and O–H groups in total. The fourth-order valence-corrected chi connectivity index (χ4v) is 1.99. The lowest BCUT2D eigenvalue weighted by atomic mass is 10.2. The largest absolute Gasteiger partial charge is 0.316 e. The van der Waals surface area contributed by atoms with Crippen molar-refractivity contribution >= 4 is 12.4 Å².